The van der Waals surface area contributed by atoms with Crippen LogP contribution in [0.2, 0.25) is 0 Å². The lowest BCUT2D eigenvalue weighted by molar-refractivity contribution is 0.120. The number of ether oxygens (including phenoxy) is 1. The Morgan fingerprint density at radius 2 is 2.11 bits per heavy atom. The average molecular weight is 380 g/mol. The smallest absolute Gasteiger partial charge is 0.225 e. The summed E-state index contributed by atoms with van der Waals surface area (Å²) in [7, 11) is 0. The number of aryl methyl sites for hydroxylation is 1. The number of nitrogen functional groups attached to an aromatic ring is 1. The van der Waals surface area contributed by atoms with Gasteiger partial charge in [-0.25, -0.2) is 9.67 Å². The van der Waals surface area contributed by atoms with Gasteiger partial charge in [-0.15, -0.1) is 5.10 Å². The zero-order valence-electron chi connectivity index (χ0n) is 17.0. The third kappa shape index (κ3) is 3.54. The summed E-state index contributed by atoms with van der Waals surface area (Å²) in [6, 6.07) is 8.26. The first-order valence-corrected chi connectivity index (χ1v) is 9.82. The molecule has 1 aliphatic rings. The summed E-state index contributed by atoms with van der Waals surface area (Å²) < 4.78 is 7.53. The van der Waals surface area contributed by atoms with Crippen molar-refractivity contribution >= 4 is 22.8 Å². The van der Waals surface area contributed by atoms with Crippen molar-refractivity contribution < 1.29 is 4.74 Å². The Morgan fingerprint density at radius 3 is 2.79 bits per heavy atom. The normalized spacial score (nSPS) is 17.4. The average Bonchev–Trinajstić information content (AvgIpc) is 3.27. The zero-order chi connectivity index (χ0) is 19.9. The van der Waals surface area contributed by atoms with Crippen LogP contribution in [0.25, 0.3) is 22.3 Å². The number of hydrogen-bond donors (Lipinski definition) is 2. The molecule has 1 saturated heterocycles. The molecule has 3 aromatic rings. The molecule has 0 radical (unpaired) electrons. The molecule has 1 aliphatic heterocycles. The van der Waals surface area contributed by atoms with Crippen LogP contribution in [-0.2, 0) is 10.3 Å². The van der Waals surface area contributed by atoms with Gasteiger partial charge in [0.05, 0.1) is 22.7 Å². The van der Waals surface area contributed by atoms with Crippen molar-refractivity contribution in [3.63, 3.8) is 0 Å². The number of rotatable bonds is 4. The number of aromatic nitrogens is 4. The molecular weight excluding hydrogens is 352 g/mol. The van der Waals surface area contributed by atoms with E-state index in [0.29, 0.717) is 24.0 Å². The molecule has 148 valence electrons. The van der Waals surface area contributed by atoms with Crippen LogP contribution in [0.5, 0.6) is 0 Å². The Morgan fingerprint density at radius 1 is 1.29 bits per heavy atom. The predicted molar refractivity (Wildman–Crippen MR) is 112 cm³/mol. The van der Waals surface area contributed by atoms with Crippen LogP contribution in [0, 0.1) is 6.92 Å². The Hall–Kier alpha value is -2.67. The van der Waals surface area contributed by atoms with Gasteiger partial charge in [0.2, 0.25) is 5.95 Å². The number of nitrogens with two attached hydrogens (primary N) is 1. The molecule has 7 nitrogen and oxygen atoms in total. The maximum Gasteiger partial charge on any atom is 0.225 e. The van der Waals surface area contributed by atoms with Crippen molar-refractivity contribution in [3.8, 4) is 11.3 Å². The highest BCUT2D eigenvalue weighted by Crippen LogP contribution is 2.34. The van der Waals surface area contributed by atoms with E-state index in [1.54, 1.807) is 0 Å². The van der Waals surface area contributed by atoms with Crippen molar-refractivity contribution in [2.45, 2.75) is 52.2 Å². The van der Waals surface area contributed by atoms with E-state index in [1.807, 2.05) is 16.8 Å². The van der Waals surface area contributed by atoms with E-state index in [1.165, 1.54) is 5.56 Å². The molecule has 0 spiro atoms. The molecule has 0 saturated carbocycles. The maximum atomic E-state index is 6.50. The van der Waals surface area contributed by atoms with Crippen molar-refractivity contribution in [3.05, 3.63) is 29.8 Å². The van der Waals surface area contributed by atoms with Crippen LogP contribution < -0.4 is 11.1 Å². The molecule has 3 heterocycles. The van der Waals surface area contributed by atoms with Gasteiger partial charge >= 0.3 is 0 Å². The van der Waals surface area contributed by atoms with Crippen molar-refractivity contribution in [2.24, 2.45) is 0 Å². The maximum absolute atomic E-state index is 6.50. The quantitative estimate of drug-likeness (QED) is 0.717. The van der Waals surface area contributed by atoms with Gasteiger partial charge in [-0.2, -0.15) is 4.98 Å². The molecule has 2 aromatic heterocycles. The summed E-state index contributed by atoms with van der Waals surface area (Å²) in [5.41, 5.74) is 9.84. The van der Waals surface area contributed by atoms with E-state index < -0.39 is 0 Å². The number of benzene rings is 1. The first-order valence-electron chi connectivity index (χ1n) is 9.82. The third-order valence-corrected chi connectivity index (χ3v) is 5.01. The van der Waals surface area contributed by atoms with Crippen LogP contribution in [0.1, 0.15) is 39.2 Å². The Balaban J connectivity index is 1.83. The SMILES string of the molecule is Cc1cccc(-c2nc(NCC3CCCO3)nc3nn(C(C)(C)C)c(N)c23)c1. The summed E-state index contributed by atoms with van der Waals surface area (Å²) >= 11 is 0. The van der Waals surface area contributed by atoms with Gasteiger partial charge < -0.3 is 15.8 Å². The van der Waals surface area contributed by atoms with Crippen LogP contribution in [0.15, 0.2) is 24.3 Å². The van der Waals surface area contributed by atoms with Crippen LogP contribution in [0.3, 0.4) is 0 Å². The molecular formula is C21H28N6O. The van der Waals surface area contributed by atoms with Crippen molar-refractivity contribution in [1.82, 2.24) is 19.7 Å². The van der Waals surface area contributed by atoms with Crippen LogP contribution >= 0.6 is 0 Å². The fraction of sp³-hybridized carbons (Fsp3) is 0.476. The van der Waals surface area contributed by atoms with Gasteiger partial charge in [0.1, 0.15) is 5.82 Å². The van der Waals surface area contributed by atoms with Gasteiger partial charge in [0, 0.05) is 18.7 Å². The number of anilines is 2. The summed E-state index contributed by atoms with van der Waals surface area (Å²) in [5.74, 6) is 1.14. The summed E-state index contributed by atoms with van der Waals surface area (Å²) in [5, 5.41) is 8.83. The lowest BCUT2D eigenvalue weighted by atomic mass is 10.1. The number of fused-ring (bicyclic) bond motifs is 1. The van der Waals surface area contributed by atoms with Gasteiger partial charge in [0.15, 0.2) is 5.65 Å². The fourth-order valence-corrected chi connectivity index (χ4v) is 3.61. The standard InChI is InChI=1S/C21H28N6O/c1-13-7-5-8-14(11-13)17-16-18(22)27(21(2,3)4)26-19(16)25-20(24-17)23-12-15-9-6-10-28-15/h5,7-8,11,15H,6,9-10,12,22H2,1-4H3,(H,23,25,26). The highest BCUT2D eigenvalue weighted by atomic mass is 16.5. The molecule has 0 amide bonds. The largest absolute Gasteiger partial charge is 0.383 e. The molecule has 3 N–H and O–H groups in total. The molecule has 0 aliphatic carbocycles. The van der Waals surface area contributed by atoms with E-state index in [0.717, 1.165) is 36.1 Å². The molecule has 1 aromatic carbocycles. The minimum absolute atomic E-state index is 0.207. The van der Waals surface area contributed by atoms with E-state index in [2.05, 4.69) is 50.1 Å². The summed E-state index contributed by atoms with van der Waals surface area (Å²) in [4.78, 5) is 9.47. The molecule has 4 rings (SSSR count). The number of hydrogen-bond acceptors (Lipinski definition) is 6. The molecule has 1 fully saturated rings. The predicted octanol–water partition coefficient (Wildman–Crippen LogP) is 3.73. The first kappa shape index (κ1) is 18.7. The lowest BCUT2D eigenvalue weighted by Gasteiger charge is -2.20. The van der Waals surface area contributed by atoms with Crippen LogP contribution in [-0.4, -0.2) is 39.0 Å². The van der Waals surface area contributed by atoms with Gasteiger partial charge in [-0.1, -0.05) is 23.8 Å². The first-order chi connectivity index (χ1) is 13.3. The fourth-order valence-electron chi connectivity index (χ4n) is 3.61. The molecule has 0 bridgehead atoms. The second-order valence-corrected chi connectivity index (χ2v) is 8.45. The van der Waals surface area contributed by atoms with E-state index >= 15 is 0 Å². The Labute approximate surface area is 165 Å². The minimum Gasteiger partial charge on any atom is -0.383 e. The minimum atomic E-state index is -0.250. The van der Waals surface area contributed by atoms with Crippen LogP contribution in [0.4, 0.5) is 11.8 Å². The summed E-state index contributed by atoms with van der Waals surface area (Å²) in [6.07, 6.45) is 2.37. The topological polar surface area (TPSA) is 90.9 Å². The third-order valence-electron chi connectivity index (χ3n) is 5.01. The number of nitrogens with zero attached hydrogens (tertiary/aromatic N) is 4. The van der Waals surface area contributed by atoms with Gasteiger partial charge in [-0.05, 0) is 46.6 Å². The molecule has 28 heavy (non-hydrogen) atoms. The van der Waals surface area contributed by atoms with Crippen molar-refractivity contribution in [1.29, 1.82) is 0 Å². The zero-order valence-corrected chi connectivity index (χ0v) is 17.0. The van der Waals surface area contributed by atoms with Crippen molar-refractivity contribution in [2.75, 3.05) is 24.2 Å². The summed E-state index contributed by atoms with van der Waals surface area (Å²) in [6.45, 7) is 9.81. The molecule has 1 unspecified atom stereocenters. The lowest BCUT2D eigenvalue weighted by Crippen LogP contribution is -2.24. The number of nitrogens with one attached hydrogen (secondary N) is 1. The molecule has 1 atom stereocenters. The highest BCUT2D eigenvalue weighted by molar-refractivity contribution is 5.99. The highest BCUT2D eigenvalue weighted by Gasteiger charge is 2.24. The van der Waals surface area contributed by atoms with Gasteiger partial charge in [0.25, 0.3) is 0 Å². The van der Waals surface area contributed by atoms with E-state index in [9.17, 15) is 0 Å². The van der Waals surface area contributed by atoms with Gasteiger partial charge in [-0.3, -0.25) is 0 Å². The second-order valence-electron chi connectivity index (χ2n) is 8.45. The van der Waals surface area contributed by atoms with E-state index in [-0.39, 0.29) is 11.6 Å². The molecule has 7 heteroatoms. The Kier molecular flexibility index (Phi) is 4.71. The Bertz CT molecular complexity index is 998. The second kappa shape index (κ2) is 7.05. The monoisotopic (exact) mass is 380 g/mol. The van der Waals surface area contributed by atoms with E-state index in [4.69, 9.17) is 20.6 Å².